The Morgan fingerprint density at radius 3 is 2.64 bits per heavy atom. The lowest BCUT2D eigenvalue weighted by molar-refractivity contribution is -0.154. The number of methoxy groups -OCH3 is 1. The summed E-state index contributed by atoms with van der Waals surface area (Å²) in [7, 11) is 1.34. The Morgan fingerprint density at radius 2 is 1.93 bits per heavy atom. The highest BCUT2D eigenvalue weighted by atomic mass is 79.9. The molecule has 0 saturated carbocycles. The first-order valence-electron chi connectivity index (χ1n) is 8.85. The summed E-state index contributed by atoms with van der Waals surface area (Å²) in [5, 5.41) is 1.04. The summed E-state index contributed by atoms with van der Waals surface area (Å²) in [6.07, 6.45) is 0.371. The van der Waals surface area contributed by atoms with Crippen molar-refractivity contribution < 1.29 is 14.3 Å². The van der Waals surface area contributed by atoms with Gasteiger partial charge in [-0.05, 0) is 23.3 Å². The first kappa shape index (κ1) is 19.0. The summed E-state index contributed by atoms with van der Waals surface area (Å²) in [6.45, 7) is 0. The molecule has 28 heavy (non-hydrogen) atoms. The van der Waals surface area contributed by atoms with E-state index in [1.54, 1.807) is 4.90 Å². The average Bonchev–Trinajstić information content (AvgIpc) is 3.10. The van der Waals surface area contributed by atoms with Crippen LogP contribution in [0.15, 0.2) is 53.0 Å². The lowest BCUT2D eigenvalue weighted by atomic mass is 9.88. The molecule has 0 fully saturated rings. The quantitative estimate of drug-likeness (QED) is 0.470. The number of alkyl halides is 1. The Kier molecular flexibility index (Phi) is 5.17. The van der Waals surface area contributed by atoms with E-state index in [0.717, 1.165) is 32.2 Å². The topological polar surface area (TPSA) is 62.4 Å². The molecule has 7 heteroatoms. The second kappa shape index (κ2) is 7.60. The maximum atomic E-state index is 12.9. The van der Waals surface area contributed by atoms with Gasteiger partial charge in [-0.15, -0.1) is 11.6 Å². The van der Waals surface area contributed by atoms with Crippen LogP contribution >= 0.6 is 27.5 Å². The van der Waals surface area contributed by atoms with Crippen molar-refractivity contribution in [2.45, 2.75) is 18.5 Å². The van der Waals surface area contributed by atoms with E-state index in [2.05, 4.69) is 20.9 Å². The van der Waals surface area contributed by atoms with Crippen molar-refractivity contribution >= 4 is 50.3 Å². The Bertz CT molecular complexity index is 1060. The molecule has 144 valence electrons. The van der Waals surface area contributed by atoms with Crippen LogP contribution in [-0.4, -0.2) is 40.8 Å². The van der Waals surface area contributed by atoms with Gasteiger partial charge in [0.15, 0.2) is 0 Å². The van der Waals surface area contributed by atoms with Gasteiger partial charge in [0.05, 0.1) is 13.2 Å². The minimum atomic E-state index is -0.750. The monoisotopic (exact) mass is 460 g/mol. The standard InChI is InChI=1S/C21H18BrClN2O3/c1-28-21(27)17-10-14-12-6-3-5-9-16(12)24-19(14)20(25(17)18(26)11-23)13-7-2-4-8-15(13)22/h2-9,17,20,24H,10-11H2,1H3/t17-,20+/m0/s1. The van der Waals surface area contributed by atoms with E-state index in [1.165, 1.54) is 7.11 Å². The molecule has 0 radical (unpaired) electrons. The number of nitrogens with one attached hydrogen (secondary N) is 1. The lowest BCUT2D eigenvalue weighted by Crippen LogP contribution is -2.52. The molecule has 0 bridgehead atoms. The third-order valence-corrected chi connectivity index (χ3v) is 6.16. The van der Waals surface area contributed by atoms with Crippen molar-refractivity contribution in [3.05, 3.63) is 69.8 Å². The summed E-state index contributed by atoms with van der Waals surface area (Å²) in [4.78, 5) is 30.5. The molecular formula is C21H18BrClN2O3. The largest absolute Gasteiger partial charge is 0.467 e. The predicted molar refractivity (Wildman–Crippen MR) is 111 cm³/mol. The third-order valence-electron chi connectivity index (χ3n) is 5.21. The van der Waals surface area contributed by atoms with Gasteiger partial charge in [0, 0.05) is 27.5 Å². The number of aromatic nitrogens is 1. The number of benzene rings is 2. The van der Waals surface area contributed by atoms with Crippen LogP contribution in [0.25, 0.3) is 10.9 Å². The normalized spacial score (nSPS) is 18.8. The molecule has 1 amide bonds. The number of para-hydroxylation sites is 1. The van der Waals surface area contributed by atoms with E-state index in [1.807, 2.05) is 48.5 Å². The minimum absolute atomic E-state index is 0.218. The highest BCUT2D eigenvalue weighted by Gasteiger charge is 2.44. The molecule has 0 saturated heterocycles. The van der Waals surface area contributed by atoms with Gasteiger partial charge in [-0.1, -0.05) is 52.3 Å². The molecule has 1 N–H and O–H groups in total. The van der Waals surface area contributed by atoms with Crippen LogP contribution in [0.2, 0.25) is 0 Å². The summed E-state index contributed by atoms with van der Waals surface area (Å²) < 4.78 is 5.88. The van der Waals surface area contributed by atoms with E-state index < -0.39 is 18.1 Å². The number of ether oxygens (including phenoxy) is 1. The second-order valence-electron chi connectivity index (χ2n) is 6.66. The molecule has 1 aromatic heterocycles. The third kappa shape index (κ3) is 3.01. The number of H-pyrrole nitrogens is 1. The van der Waals surface area contributed by atoms with Gasteiger partial charge in [-0.25, -0.2) is 4.79 Å². The van der Waals surface area contributed by atoms with Crippen molar-refractivity contribution in [3.8, 4) is 0 Å². The zero-order valence-electron chi connectivity index (χ0n) is 15.1. The van der Waals surface area contributed by atoms with Crippen molar-refractivity contribution in [2.24, 2.45) is 0 Å². The Hall–Kier alpha value is -2.31. The number of hydrogen-bond donors (Lipinski definition) is 1. The number of carbonyl (C=O) groups excluding carboxylic acids is 2. The number of halogens is 2. The Labute approximate surface area is 175 Å². The molecule has 4 rings (SSSR count). The van der Waals surface area contributed by atoms with Crippen molar-refractivity contribution in [1.29, 1.82) is 0 Å². The van der Waals surface area contributed by atoms with Gasteiger partial charge < -0.3 is 14.6 Å². The van der Waals surface area contributed by atoms with E-state index in [0.29, 0.717) is 6.42 Å². The molecule has 2 heterocycles. The van der Waals surface area contributed by atoms with E-state index in [4.69, 9.17) is 16.3 Å². The van der Waals surface area contributed by atoms with Crippen LogP contribution < -0.4 is 0 Å². The summed E-state index contributed by atoms with van der Waals surface area (Å²) >= 11 is 9.53. The van der Waals surface area contributed by atoms with Crippen molar-refractivity contribution in [1.82, 2.24) is 9.88 Å². The van der Waals surface area contributed by atoms with Gasteiger partial charge in [0.2, 0.25) is 5.91 Å². The smallest absolute Gasteiger partial charge is 0.328 e. The number of esters is 1. The maximum absolute atomic E-state index is 12.9. The number of carbonyl (C=O) groups is 2. The molecule has 0 spiro atoms. The molecule has 1 aliphatic rings. The van der Waals surface area contributed by atoms with Gasteiger partial charge in [0.25, 0.3) is 0 Å². The van der Waals surface area contributed by atoms with E-state index in [9.17, 15) is 9.59 Å². The van der Waals surface area contributed by atoms with Crippen LogP contribution in [0.3, 0.4) is 0 Å². The summed E-state index contributed by atoms with van der Waals surface area (Å²) in [5.41, 5.74) is 3.76. The molecule has 5 nitrogen and oxygen atoms in total. The van der Waals surface area contributed by atoms with E-state index in [-0.39, 0.29) is 11.8 Å². The fourth-order valence-corrected chi connectivity index (χ4v) is 4.65. The van der Waals surface area contributed by atoms with Gasteiger partial charge >= 0.3 is 5.97 Å². The zero-order chi connectivity index (χ0) is 19.8. The van der Waals surface area contributed by atoms with Crippen LogP contribution in [0, 0.1) is 0 Å². The SMILES string of the molecule is COC(=O)[C@@H]1Cc2c([nH]c3ccccc23)[C@@H](c2ccccc2Br)N1C(=O)CCl. The lowest BCUT2D eigenvalue weighted by Gasteiger charge is -2.41. The maximum Gasteiger partial charge on any atom is 0.328 e. The van der Waals surface area contributed by atoms with Crippen LogP contribution in [0.4, 0.5) is 0 Å². The number of fused-ring (bicyclic) bond motifs is 3. The molecular weight excluding hydrogens is 444 g/mol. The van der Waals surface area contributed by atoms with Crippen LogP contribution in [-0.2, 0) is 20.7 Å². The number of nitrogens with zero attached hydrogens (tertiary/aromatic N) is 1. The van der Waals surface area contributed by atoms with Crippen LogP contribution in [0.5, 0.6) is 0 Å². The van der Waals surface area contributed by atoms with Gasteiger partial charge in [0.1, 0.15) is 11.9 Å². The predicted octanol–water partition coefficient (Wildman–Crippen LogP) is 4.18. The zero-order valence-corrected chi connectivity index (χ0v) is 17.5. The molecule has 1 aliphatic heterocycles. The van der Waals surface area contributed by atoms with Crippen molar-refractivity contribution in [3.63, 3.8) is 0 Å². The van der Waals surface area contributed by atoms with Crippen LogP contribution in [0.1, 0.15) is 22.9 Å². The molecule has 3 aromatic rings. The molecule has 2 aromatic carbocycles. The van der Waals surface area contributed by atoms with Crippen molar-refractivity contribution in [2.75, 3.05) is 13.0 Å². The van der Waals surface area contributed by atoms with Gasteiger partial charge in [-0.2, -0.15) is 0 Å². The summed E-state index contributed by atoms with van der Waals surface area (Å²) in [5.74, 6) is -0.988. The van der Waals surface area contributed by atoms with Gasteiger partial charge in [-0.3, -0.25) is 4.79 Å². The fraction of sp³-hybridized carbons (Fsp3) is 0.238. The summed E-state index contributed by atoms with van der Waals surface area (Å²) in [6, 6.07) is 14.4. The minimum Gasteiger partial charge on any atom is -0.467 e. The fourth-order valence-electron chi connectivity index (χ4n) is 4.01. The Morgan fingerprint density at radius 1 is 1.21 bits per heavy atom. The highest BCUT2D eigenvalue weighted by Crippen LogP contribution is 2.43. The molecule has 2 atom stereocenters. The van der Waals surface area contributed by atoms with E-state index >= 15 is 0 Å². The first-order chi connectivity index (χ1) is 13.6. The number of rotatable bonds is 3. The highest BCUT2D eigenvalue weighted by molar-refractivity contribution is 9.10. The number of aromatic amines is 1. The number of amides is 1. The average molecular weight is 462 g/mol. The molecule has 0 aliphatic carbocycles. The first-order valence-corrected chi connectivity index (χ1v) is 10.2. The molecule has 0 unspecified atom stereocenters. The number of hydrogen-bond acceptors (Lipinski definition) is 3. The Balaban J connectivity index is 2.01. The second-order valence-corrected chi connectivity index (χ2v) is 7.79.